The molecule has 0 fully saturated rings. The van der Waals surface area contributed by atoms with Gasteiger partial charge in [-0.3, -0.25) is 9.59 Å². The van der Waals surface area contributed by atoms with Crippen molar-refractivity contribution in [1.29, 1.82) is 0 Å². The van der Waals surface area contributed by atoms with Gasteiger partial charge in [-0.25, -0.2) is 4.39 Å². The smallest absolute Gasteiger partial charge is 0.254 e. The van der Waals surface area contributed by atoms with Gasteiger partial charge in [-0.2, -0.15) is 0 Å². The number of carbonyl (C=O) groups excluding carboxylic acids is 2. The number of hydrogen-bond donors (Lipinski definition) is 3. The molecular formula is C13H19ClFN3O2. The van der Waals surface area contributed by atoms with E-state index in [2.05, 4.69) is 16.0 Å². The first-order valence-electron chi connectivity index (χ1n) is 6.09. The predicted molar refractivity (Wildman–Crippen MR) is 77.5 cm³/mol. The minimum Gasteiger partial charge on any atom is -0.354 e. The van der Waals surface area contributed by atoms with Gasteiger partial charge >= 0.3 is 0 Å². The first-order valence-corrected chi connectivity index (χ1v) is 6.09. The van der Waals surface area contributed by atoms with E-state index in [4.69, 9.17) is 0 Å². The molecule has 0 aromatic heterocycles. The number of carbonyl (C=O) groups is 2. The van der Waals surface area contributed by atoms with E-state index in [1.165, 1.54) is 18.2 Å². The maximum absolute atomic E-state index is 13.3. The topological polar surface area (TPSA) is 70.2 Å². The molecule has 112 valence electrons. The van der Waals surface area contributed by atoms with Crippen LogP contribution in [0.1, 0.15) is 16.8 Å². The van der Waals surface area contributed by atoms with Gasteiger partial charge in [-0.1, -0.05) is 12.1 Å². The third-order valence-corrected chi connectivity index (χ3v) is 2.45. The number of rotatable bonds is 7. The fraction of sp³-hybridized carbons (Fsp3) is 0.385. The molecule has 1 aromatic carbocycles. The molecular weight excluding hydrogens is 285 g/mol. The molecule has 7 heteroatoms. The zero-order chi connectivity index (χ0) is 14.1. The van der Waals surface area contributed by atoms with Crippen LogP contribution >= 0.6 is 12.4 Å². The molecule has 0 aliphatic carbocycles. The van der Waals surface area contributed by atoms with Crippen LogP contribution in [-0.2, 0) is 4.79 Å². The lowest BCUT2D eigenvalue weighted by Crippen LogP contribution is -2.35. The van der Waals surface area contributed by atoms with Gasteiger partial charge in [-0.15, -0.1) is 12.4 Å². The second-order valence-electron chi connectivity index (χ2n) is 3.94. The lowest BCUT2D eigenvalue weighted by molar-refractivity contribution is -0.120. The number of halogens is 2. The molecule has 0 aliphatic heterocycles. The molecule has 0 aliphatic rings. The molecule has 3 N–H and O–H groups in total. The van der Waals surface area contributed by atoms with Crippen molar-refractivity contribution in [3.8, 4) is 0 Å². The Kier molecular flexibility index (Phi) is 9.32. The Labute approximate surface area is 123 Å². The second kappa shape index (κ2) is 10.2. The Morgan fingerprint density at radius 1 is 1.10 bits per heavy atom. The lowest BCUT2D eigenvalue weighted by Gasteiger charge is -2.07. The molecule has 0 atom stereocenters. The number of amides is 2. The van der Waals surface area contributed by atoms with E-state index in [1.54, 1.807) is 13.1 Å². The minimum absolute atomic E-state index is 0. The standard InChI is InChI=1S/C13H18FN3O2.ClH/c1-15-7-6-12(18)16-8-9-17-13(19)10-4-2-3-5-11(10)14;/h2-5,15H,6-9H2,1H3,(H,16,18)(H,17,19);1H. The van der Waals surface area contributed by atoms with Gasteiger partial charge in [-0.05, 0) is 19.2 Å². The summed E-state index contributed by atoms with van der Waals surface area (Å²) in [4.78, 5) is 22.9. The summed E-state index contributed by atoms with van der Waals surface area (Å²) in [6.45, 7) is 1.19. The molecule has 0 heterocycles. The zero-order valence-electron chi connectivity index (χ0n) is 11.2. The molecule has 0 saturated heterocycles. The molecule has 5 nitrogen and oxygen atoms in total. The summed E-state index contributed by atoms with van der Waals surface area (Å²) in [5, 5.41) is 8.06. The monoisotopic (exact) mass is 303 g/mol. The zero-order valence-corrected chi connectivity index (χ0v) is 12.1. The van der Waals surface area contributed by atoms with Gasteiger partial charge in [0, 0.05) is 26.1 Å². The molecule has 0 saturated carbocycles. The first-order chi connectivity index (χ1) is 9.15. The van der Waals surface area contributed by atoms with Gasteiger partial charge < -0.3 is 16.0 Å². The molecule has 1 rings (SSSR count). The molecule has 0 bridgehead atoms. The average molecular weight is 304 g/mol. The quantitative estimate of drug-likeness (QED) is 0.650. The Morgan fingerprint density at radius 3 is 2.40 bits per heavy atom. The summed E-state index contributed by atoms with van der Waals surface area (Å²) in [6.07, 6.45) is 0.387. The summed E-state index contributed by atoms with van der Waals surface area (Å²) in [5.74, 6) is -1.13. The molecule has 2 amide bonds. The van der Waals surface area contributed by atoms with Crippen LogP contribution in [0.5, 0.6) is 0 Å². The lowest BCUT2D eigenvalue weighted by atomic mass is 10.2. The Hall–Kier alpha value is -1.66. The number of nitrogens with one attached hydrogen (secondary N) is 3. The van der Waals surface area contributed by atoms with Crippen molar-refractivity contribution in [1.82, 2.24) is 16.0 Å². The summed E-state index contributed by atoms with van der Waals surface area (Å²) in [6, 6.07) is 5.76. The van der Waals surface area contributed by atoms with E-state index < -0.39 is 11.7 Å². The van der Waals surface area contributed by atoms with Crippen molar-refractivity contribution < 1.29 is 14.0 Å². The third-order valence-electron chi connectivity index (χ3n) is 2.45. The summed E-state index contributed by atoms with van der Waals surface area (Å²) in [7, 11) is 1.77. The van der Waals surface area contributed by atoms with E-state index in [-0.39, 0.29) is 30.4 Å². The van der Waals surface area contributed by atoms with E-state index in [1.807, 2.05) is 0 Å². The van der Waals surface area contributed by atoms with E-state index in [0.29, 0.717) is 19.5 Å². The van der Waals surface area contributed by atoms with Crippen LogP contribution in [0.4, 0.5) is 4.39 Å². The van der Waals surface area contributed by atoms with Crippen LogP contribution in [0, 0.1) is 5.82 Å². The van der Waals surface area contributed by atoms with Crippen LogP contribution in [0.15, 0.2) is 24.3 Å². The van der Waals surface area contributed by atoms with Crippen LogP contribution < -0.4 is 16.0 Å². The molecule has 0 spiro atoms. The SMILES string of the molecule is CNCCC(=O)NCCNC(=O)c1ccccc1F.Cl. The minimum atomic E-state index is -0.557. The highest BCUT2D eigenvalue weighted by Gasteiger charge is 2.09. The van der Waals surface area contributed by atoms with Crippen molar-refractivity contribution in [3.63, 3.8) is 0 Å². The van der Waals surface area contributed by atoms with Crippen molar-refractivity contribution >= 4 is 24.2 Å². The van der Waals surface area contributed by atoms with Gasteiger partial charge in [0.2, 0.25) is 5.91 Å². The highest BCUT2D eigenvalue weighted by atomic mass is 35.5. The van der Waals surface area contributed by atoms with E-state index in [9.17, 15) is 14.0 Å². The highest BCUT2D eigenvalue weighted by Crippen LogP contribution is 2.05. The molecule has 20 heavy (non-hydrogen) atoms. The van der Waals surface area contributed by atoms with Crippen LogP contribution in [0.3, 0.4) is 0 Å². The Balaban J connectivity index is 0.00000361. The maximum atomic E-state index is 13.3. The summed E-state index contributed by atoms with van der Waals surface area (Å²) >= 11 is 0. The normalized spacial score (nSPS) is 9.50. The summed E-state index contributed by atoms with van der Waals surface area (Å²) < 4.78 is 13.3. The van der Waals surface area contributed by atoms with Crippen LogP contribution in [0.25, 0.3) is 0 Å². The fourth-order valence-electron chi connectivity index (χ4n) is 1.45. The van der Waals surface area contributed by atoms with Gasteiger partial charge in [0.05, 0.1) is 5.56 Å². The second-order valence-corrected chi connectivity index (χ2v) is 3.94. The molecule has 0 unspecified atom stereocenters. The van der Waals surface area contributed by atoms with E-state index >= 15 is 0 Å². The third kappa shape index (κ3) is 6.49. The van der Waals surface area contributed by atoms with Crippen molar-refractivity contribution in [2.24, 2.45) is 0 Å². The van der Waals surface area contributed by atoms with Crippen molar-refractivity contribution in [3.05, 3.63) is 35.6 Å². The Morgan fingerprint density at radius 2 is 1.75 bits per heavy atom. The number of benzene rings is 1. The highest BCUT2D eigenvalue weighted by molar-refractivity contribution is 5.94. The predicted octanol–water partition coefficient (Wildman–Crippen LogP) is 0.703. The van der Waals surface area contributed by atoms with Gasteiger partial charge in [0.15, 0.2) is 0 Å². The largest absolute Gasteiger partial charge is 0.354 e. The van der Waals surface area contributed by atoms with Crippen LogP contribution in [-0.4, -0.2) is 38.5 Å². The van der Waals surface area contributed by atoms with Gasteiger partial charge in [0.1, 0.15) is 5.82 Å². The maximum Gasteiger partial charge on any atom is 0.254 e. The molecule has 1 aromatic rings. The average Bonchev–Trinajstić information content (AvgIpc) is 2.41. The molecule has 0 radical (unpaired) electrons. The van der Waals surface area contributed by atoms with Crippen molar-refractivity contribution in [2.75, 3.05) is 26.7 Å². The van der Waals surface area contributed by atoms with Gasteiger partial charge in [0.25, 0.3) is 5.91 Å². The Bertz CT molecular complexity index is 443. The first kappa shape index (κ1) is 18.3. The van der Waals surface area contributed by atoms with Crippen molar-refractivity contribution in [2.45, 2.75) is 6.42 Å². The fourth-order valence-corrected chi connectivity index (χ4v) is 1.45. The van der Waals surface area contributed by atoms with Crippen LogP contribution in [0.2, 0.25) is 0 Å². The van der Waals surface area contributed by atoms with E-state index in [0.717, 1.165) is 0 Å². The summed E-state index contributed by atoms with van der Waals surface area (Å²) in [5.41, 5.74) is 0.00371. The number of hydrogen-bond acceptors (Lipinski definition) is 3.